The van der Waals surface area contributed by atoms with Gasteiger partial charge in [-0.05, 0) is 24.7 Å². The molecule has 2 aromatic rings. The van der Waals surface area contributed by atoms with Gasteiger partial charge in [0.15, 0.2) is 0 Å². The van der Waals surface area contributed by atoms with E-state index >= 15 is 0 Å². The van der Waals surface area contributed by atoms with Crippen LogP contribution in [0.25, 0.3) is 10.9 Å². The third-order valence-electron chi connectivity index (χ3n) is 2.98. The van der Waals surface area contributed by atoms with E-state index in [9.17, 15) is 0 Å². The Bertz CT molecular complexity index is 544. The normalized spacial score (nSPS) is 16.1. The highest BCUT2D eigenvalue weighted by Gasteiger charge is 2.22. The molecule has 0 aliphatic carbocycles. The minimum Gasteiger partial charge on any atom is -0.398 e. The molecule has 0 saturated carbocycles. The molecule has 0 saturated heterocycles. The van der Waals surface area contributed by atoms with Gasteiger partial charge in [0.1, 0.15) is 0 Å². The van der Waals surface area contributed by atoms with Gasteiger partial charge in [0, 0.05) is 29.7 Å². The van der Waals surface area contributed by atoms with Crippen molar-refractivity contribution in [3.05, 3.63) is 28.4 Å². The summed E-state index contributed by atoms with van der Waals surface area (Å²) in [5.74, 6) is 0. The number of nitrogens with zero attached hydrogens (tertiary/aromatic N) is 1. The number of nitrogen functional groups attached to an aromatic ring is 1. The monoisotopic (exact) mass is 221 g/mol. The number of H-pyrrole nitrogens is 1. The summed E-state index contributed by atoms with van der Waals surface area (Å²) < 4.78 is 0. The number of hydrogen-bond acceptors (Lipinski definition) is 2. The molecule has 0 bridgehead atoms. The van der Waals surface area contributed by atoms with Crippen molar-refractivity contribution in [2.45, 2.75) is 13.1 Å². The summed E-state index contributed by atoms with van der Waals surface area (Å²) in [5, 5.41) is 1.77. The van der Waals surface area contributed by atoms with Crippen LogP contribution in [0, 0.1) is 0 Å². The van der Waals surface area contributed by atoms with E-state index in [-0.39, 0.29) is 0 Å². The molecule has 3 nitrogen and oxygen atoms in total. The van der Waals surface area contributed by atoms with Crippen LogP contribution < -0.4 is 5.73 Å². The minimum absolute atomic E-state index is 0.653. The second-order valence-electron chi connectivity index (χ2n) is 4.15. The molecule has 1 aromatic carbocycles. The molecular weight excluding hydrogens is 210 g/mol. The molecule has 0 atom stereocenters. The molecule has 0 unspecified atom stereocenters. The average molecular weight is 222 g/mol. The van der Waals surface area contributed by atoms with E-state index in [0.717, 1.165) is 24.0 Å². The quantitative estimate of drug-likeness (QED) is 0.671. The number of hydrogen-bond donors (Lipinski definition) is 2. The molecule has 0 spiro atoms. The second kappa shape index (κ2) is 2.90. The van der Waals surface area contributed by atoms with E-state index in [1.165, 1.54) is 11.3 Å². The van der Waals surface area contributed by atoms with Crippen molar-refractivity contribution in [2.24, 2.45) is 0 Å². The Morgan fingerprint density at radius 2 is 2.20 bits per heavy atom. The minimum atomic E-state index is 0.653. The first-order chi connectivity index (χ1) is 7.16. The highest BCUT2D eigenvalue weighted by molar-refractivity contribution is 6.38. The average Bonchev–Trinajstić information content (AvgIpc) is 2.67. The first-order valence-electron chi connectivity index (χ1n) is 4.93. The molecule has 3 N–H and O–H groups in total. The van der Waals surface area contributed by atoms with Crippen molar-refractivity contribution in [3.8, 4) is 0 Å². The SMILES string of the molecule is CN1Cc2[nH]c3ccc(N)c(Cl)c3c2C1. The van der Waals surface area contributed by atoms with E-state index in [1.54, 1.807) is 0 Å². The predicted octanol–water partition coefficient (Wildman–Crippen LogP) is 2.35. The maximum absolute atomic E-state index is 6.24. The lowest BCUT2D eigenvalue weighted by molar-refractivity contribution is 0.351. The van der Waals surface area contributed by atoms with Crippen LogP contribution in [-0.2, 0) is 13.1 Å². The van der Waals surface area contributed by atoms with Gasteiger partial charge < -0.3 is 10.7 Å². The lowest BCUT2D eigenvalue weighted by atomic mass is 10.1. The van der Waals surface area contributed by atoms with Crippen molar-refractivity contribution >= 4 is 28.2 Å². The Balaban J connectivity index is 2.36. The van der Waals surface area contributed by atoms with Crippen LogP contribution in [0.2, 0.25) is 5.02 Å². The Hall–Kier alpha value is -1.19. The van der Waals surface area contributed by atoms with Crippen LogP contribution in [0.15, 0.2) is 12.1 Å². The van der Waals surface area contributed by atoms with Crippen LogP contribution in [0.3, 0.4) is 0 Å². The number of aromatic nitrogens is 1. The second-order valence-corrected chi connectivity index (χ2v) is 4.52. The van der Waals surface area contributed by atoms with Gasteiger partial charge in [-0.1, -0.05) is 11.6 Å². The number of fused-ring (bicyclic) bond motifs is 3. The maximum atomic E-state index is 6.24. The van der Waals surface area contributed by atoms with Gasteiger partial charge in [-0.25, -0.2) is 0 Å². The lowest BCUT2D eigenvalue weighted by Crippen LogP contribution is -2.08. The summed E-state index contributed by atoms with van der Waals surface area (Å²) in [4.78, 5) is 5.64. The van der Waals surface area contributed by atoms with Crippen LogP contribution >= 0.6 is 11.6 Å². The van der Waals surface area contributed by atoms with E-state index in [1.807, 2.05) is 12.1 Å². The topological polar surface area (TPSA) is 45.0 Å². The first-order valence-corrected chi connectivity index (χ1v) is 5.30. The standard InChI is InChI=1S/C11H12ClN3/c1-15-4-6-9(5-15)14-8-3-2-7(13)11(12)10(6)8/h2-3,14H,4-5,13H2,1H3. The molecule has 78 valence electrons. The highest BCUT2D eigenvalue weighted by atomic mass is 35.5. The van der Waals surface area contributed by atoms with Gasteiger partial charge in [-0.15, -0.1) is 0 Å². The Morgan fingerprint density at radius 3 is 3.00 bits per heavy atom. The van der Waals surface area contributed by atoms with Crippen molar-refractivity contribution in [3.63, 3.8) is 0 Å². The largest absolute Gasteiger partial charge is 0.398 e. The summed E-state index contributed by atoms with van der Waals surface area (Å²) in [7, 11) is 2.10. The molecule has 15 heavy (non-hydrogen) atoms. The van der Waals surface area contributed by atoms with Crippen molar-refractivity contribution in [1.29, 1.82) is 0 Å². The molecule has 0 radical (unpaired) electrons. The number of nitrogens with two attached hydrogens (primary N) is 1. The molecule has 3 rings (SSSR count). The predicted molar refractivity (Wildman–Crippen MR) is 62.9 cm³/mol. The summed E-state index contributed by atoms with van der Waals surface area (Å²) in [6.07, 6.45) is 0. The molecule has 1 aliphatic rings. The highest BCUT2D eigenvalue weighted by Crippen LogP contribution is 2.36. The van der Waals surface area contributed by atoms with Gasteiger partial charge in [0.25, 0.3) is 0 Å². The Morgan fingerprint density at radius 1 is 1.40 bits per heavy atom. The fourth-order valence-electron chi connectivity index (χ4n) is 2.29. The van der Waals surface area contributed by atoms with Crippen molar-refractivity contribution < 1.29 is 0 Å². The van der Waals surface area contributed by atoms with Crippen LogP contribution in [0.1, 0.15) is 11.3 Å². The summed E-state index contributed by atoms with van der Waals surface area (Å²) in [6, 6.07) is 3.84. The fraction of sp³-hybridized carbons (Fsp3) is 0.273. The van der Waals surface area contributed by atoms with Gasteiger partial charge in [0.2, 0.25) is 0 Å². The van der Waals surface area contributed by atoms with E-state index in [0.29, 0.717) is 10.7 Å². The molecule has 2 heterocycles. The van der Waals surface area contributed by atoms with E-state index < -0.39 is 0 Å². The number of rotatable bonds is 0. The smallest absolute Gasteiger partial charge is 0.0732 e. The summed E-state index contributed by atoms with van der Waals surface area (Å²) >= 11 is 6.24. The number of aromatic amines is 1. The number of nitrogens with one attached hydrogen (secondary N) is 1. The zero-order valence-electron chi connectivity index (χ0n) is 8.47. The number of benzene rings is 1. The van der Waals surface area contributed by atoms with Gasteiger partial charge in [-0.3, -0.25) is 4.90 Å². The molecule has 1 aliphatic heterocycles. The van der Waals surface area contributed by atoms with Crippen LogP contribution in [0.5, 0.6) is 0 Å². The third kappa shape index (κ3) is 1.17. The number of halogens is 1. The van der Waals surface area contributed by atoms with E-state index in [2.05, 4.69) is 16.9 Å². The van der Waals surface area contributed by atoms with Gasteiger partial charge in [-0.2, -0.15) is 0 Å². The molecular formula is C11H12ClN3. The summed E-state index contributed by atoms with van der Waals surface area (Å²) in [5.41, 5.74) is 10.1. The molecule has 1 aromatic heterocycles. The summed E-state index contributed by atoms with van der Waals surface area (Å²) in [6.45, 7) is 1.90. The molecule has 0 fully saturated rings. The zero-order chi connectivity index (χ0) is 10.6. The van der Waals surface area contributed by atoms with Crippen molar-refractivity contribution in [2.75, 3.05) is 12.8 Å². The third-order valence-corrected chi connectivity index (χ3v) is 3.39. The van der Waals surface area contributed by atoms with E-state index in [4.69, 9.17) is 17.3 Å². The van der Waals surface area contributed by atoms with Crippen LogP contribution in [0.4, 0.5) is 5.69 Å². The maximum Gasteiger partial charge on any atom is 0.0732 e. The number of anilines is 1. The molecule has 0 amide bonds. The molecule has 4 heteroatoms. The first kappa shape index (κ1) is 9.07. The van der Waals surface area contributed by atoms with Crippen LogP contribution in [-0.4, -0.2) is 16.9 Å². The van der Waals surface area contributed by atoms with Gasteiger partial charge in [0.05, 0.1) is 10.7 Å². The Labute approximate surface area is 92.8 Å². The van der Waals surface area contributed by atoms with Gasteiger partial charge >= 0.3 is 0 Å². The zero-order valence-corrected chi connectivity index (χ0v) is 9.23. The lowest BCUT2D eigenvalue weighted by Gasteiger charge is -2.06. The van der Waals surface area contributed by atoms with Crippen molar-refractivity contribution in [1.82, 2.24) is 9.88 Å². The Kier molecular flexibility index (Phi) is 1.75. The fourth-order valence-corrected chi connectivity index (χ4v) is 2.56.